The van der Waals surface area contributed by atoms with Gasteiger partial charge in [-0.15, -0.1) is 0 Å². The van der Waals surface area contributed by atoms with Crippen LogP contribution < -0.4 is 11.2 Å². The summed E-state index contributed by atoms with van der Waals surface area (Å²) in [5.41, 5.74) is 0.779. The van der Waals surface area contributed by atoms with Crippen molar-refractivity contribution in [1.29, 1.82) is 0 Å². The fourth-order valence-electron chi connectivity index (χ4n) is 4.19. The predicted octanol–water partition coefficient (Wildman–Crippen LogP) is 1.55. The van der Waals surface area contributed by atoms with Gasteiger partial charge in [0.25, 0.3) is 5.56 Å². The second-order valence-corrected chi connectivity index (χ2v) is 8.55. The molecule has 0 spiro atoms. The minimum Gasteiger partial charge on any atom is -0.390 e. The van der Waals surface area contributed by atoms with Crippen LogP contribution >= 0.6 is 0 Å². The average Bonchev–Trinajstić information content (AvgIpc) is 3.16. The minimum absolute atomic E-state index is 0.107. The van der Waals surface area contributed by atoms with E-state index < -0.39 is 17.4 Å². The second-order valence-electron chi connectivity index (χ2n) is 8.55. The number of benzene rings is 1. The molecule has 1 atom stereocenters. The van der Waals surface area contributed by atoms with Crippen molar-refractivity contribution in [3.8, 4) is 0 Å². The first-order valence-electron chi connectivity index (χ1n) is 11.6. The van der Waals surface area contributed by atoms with Crippen molar-refractivity contribution in [3.05, 3.63) is 62.6 Å². The number of aryl methyl sites for hydroxylation is 2. The molecule has 0 amide bonds. The number of unbranched alkanes of at least 4 members (excludes halogenated alkanes) is 1. The maximum absolute atomic E-state index is 13.4. The Morgan fingerprint density at radius 3 is 2.39 bits per heavy atom. The highest BCUT2D eigenvalue weighted by Gasteiger charge is 2.22. The summed E-state index contributed by atoms with van der Waals surface area (Å²) < 4.78 is 4.32. The van der Waals surface area contributed by atoms with Gasteiger partial charge in [0.05, 0.1) is 12.6 Å². The first kappa shape index (κ1) is 24.9. The molecule has 0 aliphatic carbocycles. The van der Waals surface area contributed by atoms with E-state index >= 15 is 0 Å². The van der Waals surface area contributed by atoms with Crippen LogP contribution in [0.4, 0.5) is 0 Å². The topological polar surface area (TPSA) is 106 Å². The monoisotopic (exact) mass is 457 g/mol. The first-order chi connectivity index (χ1) is 15.9. The highest BCUT2D eigenvalue weighted by molar-refractivity contribution is 5.71. The van der Waals surface area contributed by atoms with Gasteiger partial charge in [-0.25, -0.2) is 9.78 Å². The van der Waals surface area contributed by atoms with Crippen LogP contribution in [0, 0.1) is 0 Å². The maximum Gasteiger partial charge on any atom is 0.332 e. The van der Waals surface area contributed by atoms with E-state index in [1.54, 1.807) is 4.57 Å². The van der Waals surface area contributed by atoms with Crippen LogP contribution in [-0.2, 0) is 32.8 Å². The van der Waals surface area contributed by atoms with Gasteiger partial charge >= 0.3 is 5.69 Å². The molecule has 3 aromatic rings. The number of aliphatic hydroxyl groups is 2. The molecule has 0 bridgehead atoms. The summed E-state index contributed by atoms with van der Waals surface area (Å²) in [6.45, 7) is 5.47. The number of aliphatic hydroxyl groups excluding tert-OH is 2. The number of aromatic nitrogens is 4. The third-order valence-corrected chi connectivity index (χ3v) is 5.73. The van der Waals surface area contributed by atoms with Gasteiger partial charge < -0.3 is 14.8 Å². The molecule has 0 fully saturated rings. The largest absolute Gasteiger partial charge is 0.390 e. The van der Waals surface area contributed by atoms with Crippen LogP contribution in [0.3, 0.4) is 0 Å². The Labute approximate surface area is 193 Å². The van der Waals surface area contributed by atoms with Crippen LogP contribution in [0.2, 0.25) is 0 Å². The van der Waals surface area contributed by atoms with Gasteiger partial charge in [-0.3, -0.25) is 18.8 Å². The highest BCUT2D eigenvalue weighted by atomic mass is 16.3. The van der Waals surface area contributed by atoms with Crippen molar-refractivity contribution in [2.45, 2.75) is 72.0 Å². The van der Waals surface area contributed by atoms with Crippen molar-refractivity contribution in [3.63, 3.8) is 0 Å². The molecule has 0 aliphatic rings. The highest BCUT2D eigenvalue weighted by Crippen LogP contribution is 2.14. The number of rotatable bonds is 12. The van der Waals surface area contributed by atoms with Gasteiger partial charge in [0.1, 0.15) is 12.4 Å². The number of imidazole rings is 1. The number of fused-ring (bicyclic) bond motifs is 1. The molecule has 2 aromatic heterocycles. The maximum atomic E-state index is 13.4. The Balaban J connectivity index is 1.96. The Morgan fingerprint density at radius 2 is 1.76 bits per heavy atom. The molecule has 3 rings (SSSR count). The molecule has 1 aromatic carbocycles. The van der Waals surface area contributed by atoms with Gasteiger partial charge in [0.15, 0.2) is 11.2 Å². The van der Waals surface area contributed by atoms with Crippen molar-refractivity contribution in [2.75, 3.05) is 13.6 Å². The minimum atomic E-state index is -0.902. The van der Waals surface area contributed by atoms with Crippen molar-refractivity contribution < 1.29 is 10.2 Å². The van der Waals surface area contributed by atoms with Crippen molar-refractivity contribution in [2.24, 2.45) is 0 Å². The van der Waals surface area contributed by atoms with Crippen molar-refractivity contribution >= 4 is 11.2 Å². The Morgan fingerprint density at radius 1 is 1.03 bits per heavy atom. The van der Waals surface area contributed by atoms with Gasteiger partial charge in [-0.1, -0.05) is 50.6 Å². The lowest BCUT2D eigenvalue weighted by atomic mass is 10.2. The third kappa shape index (κ3) is 5.61. The van der Waals surface area contributed by atoms with Gasteiger partial charge in [0.2, 0.25) is 0 Å². The number of nitrogens with zero attached hydrogens (tertiary/aromatic N) is 5. The second kappa shape index (κ2) is 11.4. The summed E-state index contributed by atoms with van der Waals surface area (Å²) in [6.07, 6.45) is 1.48. The molecule has 2 heterocycles. The van der Waals surface area contributed by atoms with Gasteiger partial charge in [0, 0.05) is 26.2 Å². The van der Waals surface area contributed by atoms with E-state index in [1.807, 2.05) is 56.1 Å². The summed E-state index contributed by atoms with van der Waals surface area (Å²) in [5.74, 6) is 0.370. The Hall–Kier alpha value is -2.75. The molecule has 180 valence electrons. The molecule has 0 aliphatic heterocycles. The number of hydrogen-bond acceptors (Lipinski definition) is 6. The smallest absolute Gasteiger partial charge is 0.332 e. The lowest BCUT2D eigenvalue weighted by Crippen LogP contribution is -2.44. The molecule has 33 heavy (non-hydrogen) atoms. The molecule has 9 nitrogen and oxygen atoms in total. The molecular formula is C24H35N5O4. The molecular weight excluding hydrogens is 422 g/mol. The Bertz CT molecular complexity index is 1170. The van der Waals surface area contributed by atoms with E-state index in [4.69, 9.17) is 0 Å². The van der Waals surface area contributed by atoms with Crippen LogP contribution in [0.5, 0.6) is 0 Å². The lowest BCUT2D eigenvalue weighted by molar-refractivity contribution is 0.104. The standard InChI is InChI=1S/C24H35N5O4/c1-4-6-13-28-22-21(27(12-5-2)20(17-30)25-22)23(32)29(24(28)33)16-19(31)15-26(3)14-18-10-8-7-9-11-18/h7-11,19,30-31H,4-6,12-17H2,1-3H3. The summed E-state index contributed by atoms with van der Waals surface area (Å²) in [6, 6.07) is 9.92. The average molecular weight is 458 g/mol. The fourth-order valence-corrected chi connectivity index (χ4v) is 4.19. The fraction of sp³-hybridized carbons (Fsp3) is 0.542. The quantitative estimate of drug-likeness (QED) is 0.428. The molecule has 2 N–H and O–H groups in total. The van der Waals surface area contributed by atoms with Gasteiger partial charge in [-0.05, 0) is 25.5 Å². The third-order valence-electron chi connectivity index (χ3n) is 5.73. The first-order valence-corrected chi connectivity index (χ1v) is 11.6. The van der Waals surface area contributed by atoms with E-state index in [2.05, 4.69) is 4.98 Å². The molecule has 0 saturated carbocycles. The van der Waals surface area contributed by atoms with Crippen molar-refractivity contribution in [1.82, 2.24) is 23.6 Å². The van der Waals surface area contributed by atoms with Crippen LogP contribution in [0.15, 0.2) is 39.9 Å². The lowest BCUT2D eigenvalue weighted by Gasteiger charge is -2.21. The van der Waals surface area contributed by atoms with Gasteiger partial charge in [-0.2, -0.15) is 0 Å². The summed E-state index contributed by atoms with van der Waals surface area (Å²) >= 11 is 0. The zero-order valence-corrected chi connectivity index (χ0v) is 19.8. The zero-order chi connectivity index (χ0) is 24.0. The van der Waals surface area contributed by atoms with Crippen LogP contribution in [0.1, 0.15) is 44.5 Å². The zero-order valence-electron chi connectivity index (χ0n) is 19.8. The van der Waals surface area contributed by atoms with E-state index in [1.165, 1.54) is 4.57 Å². The van der Waals surface area contributed by atoms with Crippen LogP contribution in [0.25, 0.3) is 11.2 Å². The summed E-state index contributed by atoms with van der Waals surface area (Å²) in [4.78, 5) is 33.1. The molecule has 0 saturated heterocycles. The van der Waals surface area contributed by atoms with E-state index in [9.17, 15) is 19.8 Å². The molecule has 0 radical (unpaired) electrons. The number of likely N-dealkylation sites (N-methyl/N-ethyl adjacent to an activating group) is 1. The molecule has 9 heteroatoms. The van der Waals surface area contributed by atoms with E-state index in [0.717, 1.165) is 29.4 Å². The Kier molecular flexibility index (Phi) is 8.60. The summed E-state index contributed by atoms with van der Waals surface area (Å²) in [7, 11) is 1.89. The van der Waals surface area contributed by atoms with E-state index in [0.29, 0.717) is 43.2 Å². The normalized spacial score (nSPS) is 12.7. The predicted molar refractivity (Wildman–Crippen MR) is 128 cm³/mol. The summed E-state index contributed by atoms with van der Waals surface area (Å²) in [5, 5.41) is 20.5. The molecule has 1 unspecified atom stereocenters. The SMILES string of the molecule is CCCCn1c(=O)n(CC(O)CN(C)Cc2ccccc2)c(=O)c2c1nc(CO)n2CCC. The van der Waals surface area contributed by atoms with Crippen LogP contribution in [-0.4, -0.2) is 53.5 Å². The number of hydrogen-bond donors (Lipinski definition) is 2. The van der Waals surface area contributed by atoms with E-state index in [-0.39, 0.29) is 13.2 Å².